The van der Waals surface area contributed by atoms with Crippen LogP contribution in [0.2, 0.25) is 0 Å². The van der Waals surface area contributed by atoms with Gasteiger partial charge in [-0.05, 0) is 214 Å². The first-order chi connectivity index (χ1) is 51.0. The summed E-state index contributed by atoms with van der Waals surface area (Å²) in [5.41, 5.74) is 19.4. The Morgan fingerprint density at radius 1 is 0.248 bits per heavy atom. The molecule has 0 unspecified atom stereocenters. The number of benzene rings is 16. The number of para-hydroxylation sites is 2. The maximum atomic E-state index is 6.56. The third kappa shape index (κ3) is 11.2. The van der Waals surface area contributed by atoms with Gasteiger partial charge in [-0.25, -0.2) is 0 Å². The van der Waals surface area contributed by atoms with E-state index in [1.165, 1.54) is 93.1 Å². The Kier molecular flexibility index (Phi) is 16.3. The van der Waals surface area contributed by atoms with Gasteiger partial charge in [-0.2, -0.15) is 0 Å². The summed E-state index contributed by atoms with van der Waals surface area (Å²) in [4.78, 5) is 0. The molecule has 2 N–H and O–H groups in total. The van der Waals surface area contributed by atoms with Crippen LogP contribution >= 0.6 is 15.9 Å². The molecule has 0 saturated carbocycles. The average molecular weight is 1420 g/mol. The fraction of sp³-hybridized carbons (Fsp3) is 0.0638. The number of fused-ring (bicyclic) bond motifs is 12. The first-order valence-electron chi connectivity index (χ1n) is 35.6. The van der Waals surface area contributed by atoms with Crippen LogP contribution in [-0.4, -0.2) is 37.2 Å². The standard InChI is InChI=1S/C44H27BO2.C26H17Br.C24H22B2O4.H2O/c1-2-11-29(12-3-1)42-32-13-4-6-15-34(32)43(35-16-7-5-14-33(35)42)30-23-21-28(22-24-30)31-25-26-37-41(27-31)47-40-20-10-19-39-44(40)45(37)36-17-8-9-18-38(36)46-39;27-20-16-14-19(15-17-20)26-23-12-6-4-10-21(23)25(18-8-2-1-3-9-18)22-11-5-7-13-24(22)26;1-23(2)24(3,4)30-26(29-23)15-12-13-17-21(14-15)28-20-11-7-10-19-22(20)25(17)16-8-5-6-9-18(16)27-19;/h1-27H;1-17H;5-14H,1-4H3;1H2. The van der Waals surface area contributed by atoms with Gasteiger partial charge in [0, 0.05) is 15.4 Å². The minimum Gasteiger partial charge on any atom is -0.458 e. The fourth-order valence-electron chi connectivity index (χ4n) is 16.2. The maximum absolute atomic E-state index is 6.56. The van der Waals surface area contributed by atoms with Crippen molar-refractivity contribution in [3.8, 4) is 102 Å². The van der Waals surface area contributed by atoms with Crippen LogP contribution in [0.15, 0.2) is 332 Å². The van der Waals surface area contributed by atoms with Crippen molar-refractivity contribution in [2.45, 2.75) is 38.9 Å². The summed E-state index contributed by atoms with van der Waals surface area (Å²) in [7, 11) is -0.418. The Hall–Kier alpha value is -11.7. The molecule has 1 fully saturated rings. The molecule has 11 heteroatoms. The van der Waals surface area contributed by atoms with Gasteiger partial charge in [-0.3, -0.25) is 0 Å². The van der Waals surface area contributed by atoms with Crippen LogP contribution in [0.5, 0.6) is 46.0 Å². The van der Waals surface area contributed by atoms with Gasteiger partial charge in [0.1, 0.15) is 46.0 Å². The molecular formula is C94H68B3BrO7. The summed E-state index contributed by atoms with van der Waals surface area (Å²) in [6.45, 7) is 8.43. The highest BCUT2D eigenvalue weighted by Gasteiger charge is 2.52. The van der Waals surface area contributed by atoms with E-state index in [2.05, 4.69) is 317 Å². The molecule has 7 nitrogen and oxygen atoms in total. The van der Waals surface area contributed by atoms with E-state index in [4.69, 9.17) is 28.3 Å². The molecule has 0 spiro atoms. The fourth-order valence-corrected chi connectivity index (χ4v) is 16.5. The normalized spacial score (nSPS) is 14.0. The summed E-state index contributed by atoms with van der Waals surface area (Å²) in [5.74, 6) is 6.97. The minimum absolute atomic E-state index is 0. The van der Waals surface area contributed by atoms with Crippen LogP contribution in [0.4, 0.5) is 0 Å². The van der Waals surface area contributed by atoms with Crippen molar-refractivity contribution in [2.75, 3.05) is 0 Å². The number of hydrogen-bond donors (Lipinski definition) is 0. The minimum atomic E-state index is -0.418. The zero-order valence-corrected chi connectivity index (χ0v) is 59.8. The highest BCUT2D eigenvalue weighted by Crippen LogP contribution is 2.47. The summed E-state index contributed by atoms with van der Waals surface area (Å²) >= 11 is 3.56. The lowest BCUT2D eigenvalue weighted by molar-refractivity contribution is 0.00578. The Morgan fingerprint density at radius 2 is 0.533 bits per heavy atom. The van der Waals surface area contributed by atoms with Crippen LogP contribution in [-0.2, 0) is 9.31 Å². The SMILES string of the molecule is Brc1ccc(-c2c3ccccc3c(-c3ccccc3)c3ccccc23)cc1.CC1(C)OB(c2ccc3c(c2)Oc2cccc4c2B3c2ccccc2O4)OC1(C)C.O.c1ccc(-c2c3ccccc3c(-c3ccc(-c4ccc5c(c4)Oc4cccc6c4B5c4ccccc4O6)cc3)c3ccccc23)cc1. The van der Waals surface area contributed by atoms with E-state index in [0.717, 1.165) is 94.4 Å². The first-order valence-corrected chi connectivity index (χ1v) is 36.4. The Morgan fingerprint density at radius 3 is 0.933 bits per heavy atom. The number of halogens is 1. The van der Waals surface area contributed by atoms with Crippen molar-refractivity contribution in [3.05, 3.63) is 332 Å². The van der Waals surface area contributed by atoms with Gasteiger partial charge in [0.15, 0.2) is 0 Å². The summed E-state index contributed by atoms with van der Waals surface area (Å²) in [5, 5.41) is 10.2. The molecule has 16 aromatic carbocycles. The van der Waals surface area contributed by atoms with Crippen LogP contribution in [0.25, 0.3) is 98.7 Å². The topological polar surface area (TPSA) is 86.9 Å². The summed E-state index contributed by atoms with van der Waals surface area (Å²) < 4.78 is 39.0. The predicted octanol–water partition coefficient (Wildman–Crippen LogP) is 19.7. The second-order valence-corrected chi connectivity index (χ2v) is 29.2. The van der Waals surface area contributed by atoms with Gasteiger partial charge < -0.3 is 33.7 Å². The summed E-state index contributed by atoms with van der Waals surface area (Å²) in [6.07, 6.45) is 0. The monoisotopic (exact) mass is 1420 g/mol. The van der Waals surface area contributed by atoms with E-state index >= 15 is 0 Å². The van der Waals surface area contributed by atoms with Gasteiger partial charge in [0.05, 0.1) is 11.2 Å². The third-order valence-electron chi connectivity index (χ3n) is 21.8. The van der Waals surface area contributed by atoms with Gasteiger partial charge in [-0.15, -0.1) is 0 Å². The molecule has 1 saturated heterocycles. The number of rotatable bonds is 6. The lowest BCUT2D eigenvalue weighted by atomic mass is 9.35. The van der Waals surface area contributed by atoms with E-state index in [9.17, 15) is 0 Å². The predicted molar refractivity (Wildman–Crippen MR) is 439 cm³/mol. The maximum Gasteiger partial charge on any atom is 0.494 e. The smallest absolute Gasteiger partial charge is 0.458 e. The zero-order valence-electron chi connectivity index (χ0n) is 58.2. The second-order valence-electron chi connectivity index (χ2n) is 28.3. The molecule has 0 radical (unpaired) electrons. The highest BCUT2D eigenvalue weighted by molar-refractivity contribution is 9.10. The molecule has 5 aliphatic heterocycles. The van der Waals surface area contributed by atoms with Gasteiger partial charge >= 0.3 is 7.12 Å². The molecule has 21 rings (SSSR count). The van der Waals surface area contributed by atoms with Crippen molar-refractivity contribution in [1.29, 1.82) is 0 Å². The van der Waals surface area contributed by atoms with E-state index in [-0.39, 0.29) is 30.1 Å². The quantitative estimate of drug-likeness (QED) is 0.122. The molecule has 502 valence electrons. The lowest BCUT2D eigenvalue weighted by Crippen LogP contribution is -2.57. The summed E-state index contributed by atoms with van der Waals surface area (Å²) in [6, 6.07) is 116. The lowest BCUT2D eigenvalue weighted by Gasteiger charge is -2.33. The van der Waals surface area contributed by atoms with E-state index in [1.54, 1.807) is 0 Å². The number of ether oxygens (including phenoxy) is 4. The van der Waals surface area contributed by atoms with Crippen LogP contribution in [0.3, 0.4) is 0 Å². The van der Waals surface area contributed by atoms with Gasteiger partial charge in [-0.1, -0.05) is 283 Å². The average Bonchev–Trinajstić information content (AvgIpc) is 1.18. The Balaban J connectivity index is 0.000000117. The largest absolute Gasteiger partial charge is 0.494 e. The molecule has 105 heavy (non-hydrogen) atoms. The third-order valence-corrected chi connectivity index (χ3v) is 22.3. The van der Waals surface area contributed by atoms with Gasteiger partial charge in [0.2, 0.25) is 0 Å². The van der Waals surface area contributed by atoms with Crippen molar-refractivity contribution < 1.29 is 33.7 Å². The van der Waals surface area contributed by atoms with Gasteiger partial charge in [0.25, 0.3) is 13.4 Å². The molecule has 0 bridgehead atoms. The van der Waals surface area contributed by atoms with Crippen molar-refractivity contribution >= 4 is 118 Å². The van der Waals surface area contributed by atoms with Crippen LogP contribution in [0.1, 0.15) is 27.7 Å². The molecule has 0 aromatic heterocycles. The molecule has 16 aromatic rings. The van der Waals surface area contributed by atoms with E-state index in [0.29, 0.717) is 0 Å². The molecule has 5 heterocycles. The van der Waals surface area contributed by atoms with Crippen molar-refractivity contribution in [2.24, 2.45) is 0 Å². The second kappa shape index (κ2) is 26.2. The van der Waals surface area contributed by atoms with E-state index < -0.39 is 7.12 Å². The first kappa shape index (κ1) is 65.3. The van der Waals surface area contributed by atoms with Crippen molar-refractivity contribution in [3.63, 3.8) is 0 Å². The molecular weight excluding hydrogens is 1350 g/mol. The van der Waals surface area contributed by atoms with Crippen molar-refractivity contribution in [1.82, 2.24) is 0 Å². The van der Waals surface area contributed by atoms with E-state index in [1.807, 2.05) is 54.6 Å². The van der Waals surface area contributed by atoms with Crippen LogP contribution < -0.4 is 57.2 Å². The molecule has 0 aliphatic carbocycles. The Bertz CT molecular complexity index is 5980. The molecule has 0 amide bonds. The molecule has 0 atom stereocenters. The molecule has 5 aliphatic rings. The van der Waals surface area contributed by atoms with Crippen LogP contribution in [0, 0.1) is 0 Å². The zero-order chi connectivity index (χ0) is 69.8. The number of hydrogen-bond acceptors (Lipinski definition) is 6. The highest BCUT2D eigenvalue weighted by atomic mass is 79.9. The Labute approximate surface area is 620 Å².